The number of nitrogens with zero attached hydrogens (tertiary/aromatic N) is 2. The van der Waals surface area contributed by atoms with Gasteiger partial charge in [-0.05, 0) is 85.9 Å². The number of anilines is 1. The number of allylic oxidation sites excluding steroid dienone is 2. The van der Waals surface area contributed by atoms with Gasteiger partial charge < -0.3 is 25.2 Å². The van der Waals surface area contributed by atoms with Crippen molar-refractivity contribution in [3.8, 4) is 0 Å². The van der Waals surface area contributed by atoms with E-state index in [9.17, 15) is 22.8 Å². The number of carbonyl (C=O) groups excluding carboxylic acids is 2. The Morgan fingerprint density at radius 1 is 1.16 bits per heavy atom. The van der Waals surface area contributed by atoms with Crippen LogP contribution in [0, 0.1) is 6.92 Å². The molecule has 7 nitrogen and oxygen atoms in total. The number of alkyl halides is 3. The van der Waals surface area contributed by atoms with Crippen LogP contribution in [0.1, 0.15) is 32.6 Å². The van der Waals surface area contributed by atoms with Gasteiger partial charge in [0.05, 0.1) is 12.2 Å². The van der Waals surface area contributed by atoms with Gasteiger partial charge in [-0.15, -0.1) is 0 Å². The van der Waals surface area contributed by atoms with Gasteiger partial charge in [-0.2, -0.15) is 13.2 Å². The molecule has 37 heavy (non-hydrogen) atoms. The van der Waals surface area contributed by atoms with Crippen LogP contribution < -0.4 is 10.6 Å². The van der Waals surface area contributed by atoms with E-state index in [2.05, 4.69) is 10.6 Å². The average molecular weight is 517 g/mol. The molecule has 0 atom stereocenters. The Hall–Kier alpha value is -3.63. The third-order valence-electron chi connectivity index (χ3n) is 5.66. The highest BCUT2D eigenvalue weighted by Gasteiger charge is 2.32. The van der Waals surface area contributed by atoms with Crippen LogP contribution >= 0.6 is 0 Å². The van der Waals surface area contributed by atoms with E-state index in [0.29, 0.717) is 35.5 Å². The van der Waals surface area contributed by atoms with Gasteiger partial charge in [-0.3, -0.25) is 9.59 Å². The van der Waals surface area contributed by atoms with Crippen molar-refractivity contribution < 1.29 is 27.5 Å². The summed E-state index contributed by atoms with van der Waals surface area (Å²) in [6.45, 7) is 3.32. The molecule has 2 aromatic rings. The van der Waals surface area contributed by atoms with Gasteiger partial charge in [-0.1, -0.05) is 6.07 Å². The van der Waals surface area contributed by atoms with Crippen LogP contribution in [0.15, 0.2) is 54.8 Å². The maximum absolute atomic E-state index is 13.5. The molecule has 3 rings (SSSR count). The van der Waals surface area contributed by atoms with Crippen LogP contribution in [0.25, 0.3) is 5.57 Å². The van der Waals surface area contributed by atoms with Crippen LogP contribution in [0.5, 0.6) is 0 Å². The lowest BCUT2D eigenvalue weighted by molar-refractivity contribution is -0.137. The summed E-state index contributed by atoms with van der Waals surface area (Å²) in [4.78, 5) is 29.0. The molecule has 0 spiro atoms. The summed E-state index contributed by atoms with van der Waals surface area (Å²) in [7, 11) is 5.21. The van der Waals surface area contributed by atoms with Gasteiger partial charge in [0.15, 0.2) is 0 Å². The molecule has 1 saturated heterocycles. The molecule has 1 fully saturated rings. The monoisotopic (exact) mass is 516 g/mol. The van der Waals surface area contributed by atoms with Crippen LogP contribution in [0.2, 0.25) is 0 Å². The minimum atomic E-state index is -4.58. The third kappa shape index (κ3) is 7.68. The summed E-state index contributed by atoms with van der Waals surface area (Å²) in [5.74, 6) is -0.873. The Kier molecular flexibility index (Phi) is 9.12. The van der Waals surface area contributed by atoms with E-state index in [1.165, 1.54) is 12.1 Å². The fourth-order valence-electron chi connectivity index (χ4n) is 3.86. The molecule has 10 heteroatoms. The summed E-state index contributed by atoms with van der Waals surface area (Å²) in [5, 5.41) is 5.60. The van der Waals surface area contributed by atoms with E-state index >= 15 is 0 Å². The molecule has 0 radical (unpaired) electrons. The second-order valence-corrected chi connectivity index (χ2v) is 9.00. The quantitative estimate of drug-likeness (QED) is 0.405. The van der Waals surface area contributed by atoms with E-state index in [4.69, 9.17) is 4.74 Å². The Balaban J connectivity index is 1.93. The molecule has 0 aliphatic carbocycles. The number of hydrogen-bond acceptors (Lipinski definition) is 5. The Morgan fingerprint density at radius 3 is 2.54 bits per heavy atom. The van der Waals surface area contributed by atoms with Gasteiger partial charge in [-0.25, -0.2) is 0 Å². The largest absolute Gasteiger partial charge is 0.416 e. The van der Waals surface area contributed by atoms with Crippen molar-refractivity contribution in [3.63, 3.8) is 0 Å². The topological polar surface area (TPSA) is 73.9 Å². The molecule has 0 saturated carbocycles. The number of rotatable bonds is 8. The van der Waals surface area contributed by atoms with Gasteiger partial charge in [0.2, 0.25) is 5.91 Å². The molecule has 2 amide bonds. The molecule has 1 heterocycles. The minimum absolute atomic E-state index is 0.0937. The lowest BCUT2D eigenvalue weighted by Crippen LogP contribution is -2.26. The first-order valence-corrected chi connectivity index (χ1v) is 11.7. The number of amides is 2. The number of nitrogens with one attached hydrogen (secondary N) is 2. The molecule has 0 bridgehead atoms. The molecule has 0 aromatic heterocycles. The summed E-state index contributed by atoms with van der Waals surface area (Å²) >= 11 is 0. The number of ether oxygens (including phenoxy) is 1. The zero-order chi connectivity index (χ0) is 27.2. The predicted octanol–water partition coefficient (Wildman–Crippen LogP) is 4.26. The summed E-state index contributed by atoms with van der Waals surface area (Å²) in [5.41, 5.74) is 1.93. The predicted molar refractivity (Wildman–Crippen MR) is 137 cm³/mol. The highest BCUT2D eigenvalue weighted by Crippen LogP contribution is 2.31. The first kappa shape index (κ1) is 27.9. The van der Waals surface area contributed by atoms with Gasteiger partial charge in [0, 0.05) is 37.5 Å². The van der Waals surface area contributed by atoms with Crippen LogP contribution in [0.4, 0.5) is 18.9 Å². The lowest BCUT2D eigenvalue weighted by atomic mass is 9.98. The van der Waals surface area contributed by atoms with Gasteiger partial charge in [0.1, 0.15) is 6.73 Å². The van der Waals surface area contributed by atoms with Crippen molar-refractivity contribution >= 4 is 23.1 Å². The molecule has 1 aliphatic heterocycles. The molecular formula is C27H31F3N4O3. The van der Waals surface area contributed by atoms with Gasteiger partial charge >= 0.3 is 6.18 Å². The van der Waals surface area contributed by atoms with Crippen LogP contribution in [-0.2, 0) is 22.3 Å². The number of hydrogen-bond donors (Lipinski definition) is 2. The highest BCUT2D eigenvalue weighted by atomic mass is 19.4. The van der Waals surface area contributed by atoms with Crippen molar-refractivity contribution in [1.29, 1.82) is 0 Å². The van der Waals surface area contributed by atoms with Crippen molar-refractivity contribution in [3.05, 3.63) is 82.6 Å². The summed E-state index contributed by atoms with van der Waals surface area (Å²) in [6.07, 6.45) is 0.333. The first-order chi connectivity index (χ1) is 17.5. The summed E-state index contributed by atoms with van der Waals surface area (Å²) < 4.78 is 45.7. The number of carbonyl (C=O) groups is 2. The van der Waals surface area contributed by atoms with E-state index in [1.54, 1.807) is 61.4 Å². The average Bonchev–Trinajstić information content (AvgIpc) is 3.37. The van der Waals surface area contributed by atoms with Crippen molar-refractivity contribution in [2.45, 2.75) is 19.6 Å². The standard InChI is InChI=1S/C27H31F3N4O3/c1-18-5-6-23(15-24(18)20(7-8-31-2)14-25(35)34-9-10-37-17-34)32-26(36)21-11-19(16-33(3)4)12-22(13-21)27(28,29)30/h5-8,11-15,31H,9-10,16-17H2,1-4H3,(H,32,36)/b8-7-,20-14+. The lowest BCUT2D eigenvalue weighted by Gasteiger charge is -2.16. The van der Waals surface area contributed by atoms with Crippen molar-refractivity contribution in [1.82, 2.24) is 15.1 Å². The van der Waals surface area contributed by atoms with Crippen molar-refractivity contribution in [2.24, 2.45) is 0 Å². The molecule has 198 valence electrons. The summed E-state index contributed by atoms with van der Waals surface area (Å²) in [6, 6.07) is 8.49. The van der Waals surface area contributed by atoms with E-state index in [0.717, 1.165) is 17.7 Å². The molecular weight excluding hydrogens is 485 g/mol. The molecule has 0 unspecified atom stereocenters. The van der Waals surface area contributed by atoms with Crippen molar-refractivity contribution in [2.75, 3.05) is 46.3 Å². The molecule has 2 aromatic carbocycles. The van der Waals surface area contributed by atoms with Crippen LogP contribution in [-0.4, -0.2) is 62.6 Å². The highest BCUT2D eigenvalue weighted by molar-refractivity contribution is 6.05. The number of benzene rings is 2. The second-order valence-electron chi connectivity index (χ2n) is 9.00. The second kappa shape index (κ2) is 12.1. The van der Waals surface area contributed by atoms with Crippen LogP contribution in [0.3, 0.4) is 0 Å². The SMILES string of the molecule is CN/C=C\C(=C/C(=O)N1CCOC1)c1cc(NC(=O)c2cc(CN(C)C)cc(C(F)(F)F)c2)ccc1C. The minimum Gasteiger partial charge on any atom is -0.394 e. The first-order valence-electron chi connectivity index (χ1n) is 11.7. The molecule has 2 N–H and O–H groups in total. The Morgan fingerprint density at radius 2 is 1.92 bits per heavy atom. The third-order valence-corrected chi connectivity index (χ3v) is 5.66. The molecule has 1 aliphatic rings. The normalized spacial score (nSPS) is 14.5. The van der Waals surface area contributed by atoms with E-state index in [-0.39, 0.29) is 24.7 Å². The maximum Gasteiger partial charge on any atom is 0.416 e. The number of halogens is 3. The Labute approximate surface area is 214 Å². The zero-order valence-corrected chi connectivity index (χ0v) is 21.3. The fourth-order valence-corrected chi connectivity index (χ4v) is 3.86. The van der Waals surface area contributed by atoms with Gasteiger partial charge in [0.25, 0.3) is 5.91 Å². The number of aryl methyl sites for hydroxylation is 1. The smallest absolute Gasteiger partial charge is 0.394 e. The van der Waals surface area contributed by atoms with E-state index in [1.807, 2.05) is 6.92 Å². The van der Waals surface area contributed by atoms with E-state index < -0.39 is 17.6 Å². The maximum atomic E-state index is 13.5. The zero-order valence-electron chi connectivity index (χ0n) is 21.3. The fraction of sp³-hybridized carbons (Fsp3) is 0.333. The Bertz CT molecular complexity index is 1200.